The number of ether oxygens (including phenoxy) is 3. The largest absolute Gasteiger partial charge is 0.481 e. The molecule has 2 N–H and O–H groups in total. The molecule has 3 heterocycles. The predicted molar refractivity (Wildman–Crippen MR) is 112 cm³/mol. The minimum absolute atomic E-state index is 0.0152. The van der Waals surface area contributed by atoms with Crippen LogP contribution in [0.3, 0.4) is 0 Å². The van der Waals surface area contributed by atoms with E-state index in [0.717, 1.165) is 44.9 Å². The minimum atomic E-state index is -1.07. The summed E-state index contributed by atoms with van der Waals surface area (Å²) in [6.07, 6.45) is 5.20. The number of carboxylic acids is 1. The van der Waals surface area contributed by atoms with Gasteiger partial charge in [0.1, 0.15) is 0 Å². The fraction of sp³-hybridized carbons (Fsp3) is 0.920. The van der Waals surface area contributed by atoms with Crippen LogP contribution in [-0.2, 0) is 23.8 Å². The van der Waals surface area contributed by atoms with Gasteiger partial charge in [0.2, 0.25) is 6.29 Å². The van der Waals surface area contributed by atoms with Gasteiger partial charge >= 0.3 is 11.9 Å². The number of aliphatic carboxylic acids is 1. The van der Waals surface area contributed by atoms with Crippen LogP contribution in [0, 0.1) is 39.9 Å². The van der Waals surface area contributed by atoms with Crippen LogP contribution in [0.5, 0.6) is 0 Å². The van der Waals surface area contributed by atoms with Gasteiger partial charge in [0.25, 0.3) is 0 Å². The van der Waals surface area contributed by atoms with Crippen molar-refractivity contribution < 1.29 is 34.0 Å². The number of rotatable bonds is 1. The standard InChI is InChI=1S/C25H36O7/c1-22-10-7-16-23(2,8-4-9-24(16,3)20(28)29)15(22)6-5-13-14(22)11-17(26)25-12-18(27)30-21(25)31-19(13)32-25/h13-17,19,21,26H,4-12H2,1-3H3,(H,28,29)/t13-,14+,15?,16?,17+,19-,21+,22-,23+,24-,25-/m0/s1. The molecule has 0 radical (unpaired) electrons. The van der Waals surface area contributed by atoms with Crippen molar-refractivity contribution in [2.24, 2.45) is 39.9 Å². The molecule has 3 aliphatic heterocycles. The molecule has 0 aromatic heterocycles. The molecule has 3 saturated heterocycles. The quantitative estimate of drug-likeness (QED) is 0.592. The van der Waals surface area contributed by atoms with Crippen molar-refractivity contribution >= 4 is 11.9 Å². The van der Waals surface area contributed by atoms with E-state index in [1.807, 2.05) is 6.92 Å². The second kappa shape index (κ2) is 6.48. The number of esters is 1. The van der Waals surface area contributed by atoms with Crippen LogP contribution >= 0.6 is 0 Å². The summed E-state index contributed by atoms with van der Waals surface area (Å²) in [6, 6.07) is 0. The Bertz CT molecular complexity index is 859. The third kappa shape index (κ3) is 2.43. The first-order valence-electron chi connectivity index (χ1n) is 12.5. The predicted octanol–water partition coefficient (Wildman–Crippen LogP) is 3.48. The summed E-state index contributed by atoms with van der Waals surface area (Å²) in [5, 5.41) is 21.5. The van der Waals surface area contributed by atoms with Gasteiger partial charge in [0, 0.05) is 5.92 Å². The average Bonchev–Trinajstić information content (AvgIpc) is 3.17. The van der Waals surface area contributed by atoms with Gasteiger partial charge in [-0.1, -0.05) is 20.3 Å². The third-order valence-electron chi connectivity index (χ3n) is 11.2. The van der Waals surface area contributed by atoms with Gasteiger partial charge in [-0.3, -0.25) is 9.59 Å². The van der Waals surface area contributed by atoms with E-state index >= 15 is 0 Å². The van der Waals surface area contributed by atoms with E-state index < -0.39 is 35.7 Å². The lowest BCUT2D eigenvalue weighted by Crippen LogP contribution is -2.62. The fourth-order valence-electron chi connectivity index (χ4n) is 9.70. The summed E-state index contributed by atoms with van der Waals surface area (Å²) in [5.41, 5.74) is -1.76. The Kier molecular flexibility index (Phi) is 4.33. The zero-order valence-electron chi connectivity index (χ0n) is 19.3. The number of carbonyl (C=O) groups is 2. The van der Waals surface area contributed by atoms with Crippen LogP contribution in [-0.4, -0.2) is 46.4 Å². The fourth-order valence-corrected chi connectivity index (χ4v) is 9.70. The maximum Gasteiger partial charge on any atom is 0.311 e. The van der Waals surface area contributed by atoms with Crippen molar-refractivity contribution in [3.05, 3.63) is 0 Å². The van der Waals surface area contributed by atoms with Gasteiger partial charge in [-0.2, -0.15) is 0 Å². The Hall–Kier alpha value is -1.18. The van der Waals surface area contributed by atoms with Crippen molar-refractivity contribution in [1.82, 2.24) is 0 Å². The number of aliphatic hydroxyl groups is 1. The molecule has 0 amide bonds. The van der Waals surface area contributed by atoms with Crippen LogP contribution in [0.25, 0.3) is 0 Å². The molecule has 6 fully saturated rings. The molecule has 2 bridgehead atoms. The van der Waals surface area contributed by atoms with E-state index in [1.54, 1.807) is 0 Å². The second-order valence-corrected chi connectivity index (χ2v) is 12.4. The van der Waals surface area contributed by atoms with E-state index in [-0.39, 0.29) is 41.0 Å². The second-order valence-electron chi connectivity index (χ2n) is 12.4. The number of aliphatic hydroxyl groups excluding tert-OH is 1. The Morgan fingerprint density at radius 3 is 2.56 bits per heavy atom. The van der Waals surface area contributed by atoms with Crippen LogP contribution < -0.4 is 0 Å². The highest BCUT2D eigenvalue weighted by Gasteiger charge is 2.70. The topological polar surface area (TPSA) is 102 Å². The van der Waals surface area contributed by atoms with Gasteiger partial charge in [-0.15, -0.1) is 0 Å². The van der Waals surface area contributed by atoms with Gasteiger partial charge in [-0.05, 0) is 80.5 Å². The van der Waals surface area contributed by atoms with E-state index in [1.165, 1.54) is 0 Å². The molecule has 178 valence electrons. The summed E-state index contributed by atoms with van der Waals surface area (Å²) in [7, 11) is 0. The number of hydrogen-bond donors (Lipinski definition) is 2. The molecule has 6 rings (SSSR count). The Labute approximate surface area is 189 Å². The Morgan fingerprint density at radius 1 is 1.03 bits per heavy atom. The smallest absolute Gasteiger partial charge is 0.311 e. The lowest BCUT2D eigenvalue weighted by atomic mass is 9.38. The molecule has 11 atom stereocenters. The van der Waals surface area contributed by atoms with Crippen LogP contribution in [0.15, 0.2) is 0 Å². The van der Waals surface area contributed by atoms with Crippen molar-refractivity contribution in [3.8, 4) is 0 Å². The SMILES string of the molecule is C[C@]12CCC[C@](C)(C(=O)O)C1CC[C@]1(C)C2CC[C@@H]2[C@H]3O[C@H]4OC(=O)C[C@]4(O3)[C@H](O)C[C@H]21. The summed E-state index contributed by atoms with van der Waals surface area (Å²) in [5.74, 6) is -0.0560. The Morgan fingerprint density at radius 2 is 1.81 bits per heavy atom. The highest BCUT2D eigenvalue weighted by Crippen LogP contribution is 2.71. The van der Waals surface area contributed by atoms with Gasteiger partial charge in [0.05, 0.1) is 17.9 Å². The number of hydrogen-bond acceptors (Lipinski definition) is 6. The van der Waals surface area contributed by atoms with Gasteiger partial charge < -0.3 is 24.4 Å². The Balaban J connectivity index is 1.36. The molecule has 0 aromatic rings. The molecule has 3 aliphatic carbocycles. The first-order valence-corrected chi connectivity index (χ1v) is 12.5. The van der Waals surface area contributed by atoms with Crippen molar-refractivity contribution in [2.45, 2.75) is 103 Å². The molecule has 0 aromatic carbocycles. The summed E-state index contributed by atoms with van der Waals surface area (Å²) < 4.78 is 17.8. The first-order chi connectivity index (χ1) is 15.0. The van der Waals surface area contributed by atoms with Crippen LogP contribution in [0.2, 0.25) is 0 Å². The number of carboxylic acid groups (broad SMARTS) is 1. The molecule has 6 aliphatic rings. The van der Waals surface area contributed by atoms with Crippen LogP contribution in [0.4, 0.5) is 0 Å². The molecular weight excluding hydrogens is 412 g/mol. The number of carbonyl (C=O) groups excluding carboxylic acids is 1. The van der Waals surface area contributed by atoms with Gasteiger partial charge in [0.15, 0.2) is 11.9 Å². The highest BCUT2D eigenvalue weighted by atomic mass is 16.8. The average molecular weight is 449 g/mol. The lowest BCUT2D eigenvalue weighted by Gasteiger charge is -2.66. The summed E-state index contributed by atoms with van der Waals surface area (Å²) >= 11 is 0. The molecule has 7 nitrogen and oxygen atoms in total. The summed E-state index contributed by atoms with van der Waals surface area (Å²) in [4.78, 5) is 24.3. The van der Waals surface area contributed by atoms with E-state index in [4.69, 9.17) is 14.2 Å². The van der Waals surface area contributed by atoms with E-state index in [0.29, 0.717) is 12.3 Å². The monoisotopic (exact) mass is 448 g/mol. The summed E-state index contributed by atoms with van der Waals surface area (Å²) in [6.45, 7) is 6.70. The van der Waals surface area contributed by atoms with Gasteiger partial charge in [-0.25, -0.2) is 0 Å². The molecule has 32 heavy (non-hydrogen) atoms. The maximum atomic E-state index is 12.3. The number of fused-ring (bicyclic) bond motifs is 7. The zero-order chi connectivity index (χ0) is 22.7. The molecular formula is C25H36O7. The normalized spacial score (nSPS) is 58.6. The van der Waals surface area contributed by atoms with Crippen molar-refractivity contribution in [3.63, 3.8) is 0 Å². The van der Waals surface area contributed by atoms with Crippen LogP contribution in [0.1, 0.15) is 78.6 Å². The van der Waals surface area contributed by atoms with E-state index in [2.05, 4.69) is 13.8 Å². The van der Waals surface area contributed by atoms with E-state index in [9.17, 15) is 19.8 Å². The zero-order valence-corrected chi connectivity index (χ0v) is 19.3. The highest BCUT2D eigenvalue weighted by molar-refractivity contribution is 5.75. The first kappa shape index (κ1) is 21.4. The molecule has 2 unspecified atom stereocenters. The molecule has 1 spiro atoms. The van der Waals surface area contributed by atoms with Crippen molar-refractivity contribution in [1.29, 1.82) is 0 Å². The molecule has 7 heteroatoms. The minimum Gasteiger partial charge on any atom is -0.481 e. The third-order valence-corrected chi connectivity index (χ3v) is 11.2. The maximum absolute atomic E-state index is 12.3. The lowest BCUT2D eigenvalue weighted by molar-refractivity contribution is -0.224. The molecule has 3 saturated carbocycles. The van der Waals surface area contributed by atoms with Crippen molar-refractivity contribution in [2.75, 3.05) is 0 Å².